The third-order valence-electron chi connectivity index (χ3n) is 4.94. The van der Waals surface area contributed by atoms with E-state index in [1.807, 2.05) is 6.92 Å². The predicted molar refractivity (Wildman–Crippen MR) is 113 cm³/mol. The number of likely N-dealkylation sites (tertiary alicyclic amines) is 1. The minimum atomic E-state index is -0.634. The van der Waals surface area contributed by atoms with Gasteiger partial charge in [-0.05, 0) is 56.9 Å². The molecule has 0 N–H and O–H groups in total. The van der Waals surface area contributed by atoms with Gasteiger partial charge in [-0.1, -0.05) is 6.92 Å². The molecule has 0 bridgehead atoms. The van der Waals surface area contributed by atoms with Crippen LogP contribution in [0.25, 0.3) is 0 Å². The number of amides is 1. The Kier molecular flexibility index (Phi) is 10.00. The van der Waals surface area contributed by atoms with Crippen molar-refractivity contribution in [3.63, 3.8) is 0 Å². The van der Waals surface area contributed by atoms with Crippen molar-refractivity contribution in [1.82, 2.24) is 4.90 Å². The number of hydrogen-bond donors (Lipinski definition) is 0. The zero-order valence-electron chi connectivity index (χ0n) is 18.3. The van der Waals surface area contributed by atoms with Crippen LogP contribution in [0.3, 0.4) is 0 Å². The Bertz CT molecular complexity index is 760. The molecule has 31 heavy (non-hydrogen) atoms. The average molecular weight is 434 g/mol. The number of carbonyl (C=O) groups excluding carboxylic acids is 4. The molecule has 0 saturated carbocycles. The van der Waals surface area contributed by atoms with Crippen molar-refractivity contribution in [2.75, 3.05) is 26.4 Å². The molecule has 1 atom stereocenters. The molecule has 1 fully saturated rings. The minimum Gasteiger partial charge on any atom is -0.494 e. The largest absolute Gasteiger partial charge is 0.494 e. The summed E-state index contributed by atoms with van der Waals surface area (Å²) in [6.45, 7) is 4.55. The summed E-state index contributed by atoms with van der Waals surface area (Å²) < 4.78 is 15.6. The zero-order valence-corrected chi connectivity index (χ0v) is 18.3. The number of nitrogens with zero attached hydrogens (tertiary/aromatic N) is 1. The first kappa shape index (κ1) is 24.4. The van der Waals surface area contributed by atoms with Gasteiger partial charge >= 0.3 is 11.9 Å². The number of Topliss-reactive ketones (excluding diaryl/α,β-unsaturated/α-hetero) is 1. The van der Waals surface area contributed by atoms with Crippen LogP contribution in [0.5, 0.6) is 5.75 Å². The van der Waals surface area contributed by atoms with Gasteiger partial charge in [-0.25, -0.2) is 4.79 Å². The Morgan fingerprint density at radius 2 is 1.74 bits per heavy atom. The first-order valence-corrected chi connectivity index (χ1v) is 10.8. The SMILES string of the molecule is CCCOc1ccc(C(=O)CCC(=O)OCC(=O)N2CCCCC2C(=O)OCC)cc1. The molecule has 1 unspecified atom stereocenters. The molecule has 1 aromatic carbocycles. The molecule has 1 aliphatic heterocycles. The van der Waals surface area contributed by atoms with Gasteiger partial charge in [0.15, 0.2) is 12.4 Å². The third kappa shape index (κ3) is 7.70. The highest BCUT2D eigenvalue weighted by atomic mass is 16.5. The summed E-state index contributed by atoms with van der Waals surface area (Å²) in [7, 11) is 0. The molecule has 0 radical (unpaired) electrons. The van der Waals surface area contributed by atoms with E-state index in [2.05, 4.69) is 0 Å². The van der Waals surface area contributed by atoms with E-state index in [0.717, 1.165) is 19.3 Å². The molecule has 1 aromatic rings. The molecule has 1 amide bonds. The highest BCUT2D eigenvalue weighted by Gasteiger charge is 2.33. The maximum Gasteiger partial charge on any atom is 0.328 e. The number of ether oxygens (including phenoxy) is 3. The quantitative estimate of drug-likeness (QED) is 0.391. The van der Waals surface area contributed by atoms with E-state index < -0.39 is 30.5 Å². The Balaban J connectivity index is 1.77. The summed E-state index contributed by atoms with van der Waals surface area (Å²) in [6, 6.07) is 6.13. The number of hydrogen-bond acceptors (Lipinski definition) is 7. The van der Waals surface area contributed by atoms with Crippen LogP contribution in [0, 0.1) is 0 Å². The van der Waals surface area contributed by atoms with E-state index in [0.29, 0.717) is 30.9 Å². The van der Waals surface area contributed by atoms with E-state index in [1.54, 1.807) is 31.2 Å². The van der Waals surface area contributed by atoms with Gasteiger partial charge in [0.2, 0.25) is 0 Å². The molecule has 0 aromatic heterocycles. The number of ketones is 1. The van der Waals surface area contributed by atoms with Crippen molar-refractivity contribution in [2.24, 2.45) is 0 Å². The molecule has 8 nitrogen and oxygen atoms in total. The van der Waals surface area contributed by atoms with Crippen molar-refractivity contribution in [2.45, 2.75) is 58.4 Å². The molecular weight excluding hydrogens is 402 g/mol. The summed E-state index contributed by atoms with van der Waals surface area (Å²) in [5.41, 5.74) is 0.485. The Morgan fingerprint density at radius 1 is 1.00 bits per heavy atom. The molecule has 0 aliphatic carbocycles. The summed E-state index contributed by atoms with van der Waals surface area (Å²) >= 11 is 0. The molecule has 170 valence electrons. The van der Waals surface area contributed by atoms with E-state index in [4.69, 9.17) is 14.2 Å². The molecule has 1 aliphatic rings. The second kappa shape index (κ2) is 12.7. The van der Waals surface area contributed by atoms with Gasteiger partial charge in [-0.2, -0.15) is 0 Å². The number of piperidine rings is 1. The predicted octanol–water partition coefficient (Wildman–Crippen LogP) is 2.93. The highest BCUT2D eigenvalue weighted by Crippen LogP contribution is 2.19. The maximum atomic E-state index is 12.5. The first-order valence-electron chi connectivity index (χ1n) is 10.8. The van der Waals surface area contributed by atoms with Gasteiger partial charge < -0.3 is 19.1 Å². The van der Waals surface area contributed by atoms with Crippen LogP contribution in [0.2, 0.25) is 0 Å². The van der Waals surface area contributed by atoms with Gasteiger partial charge in [0.25, 0.3) is 5.91 Å². The van der Waals surface area contributed by atoms with Gasteiger partial charge in [-0.15, -0.1) is 0 Å². The lowest BCUT2D eigenvalue weighted by molar-refractivity contribution is -0.160. The fourth-order valence-corrected chi connectivity index (χ4v) is 3.33. The highest BCUT2D eigenvalue weighted by molar-refractivity contribution is 5.97. The third-order valence-corrected chi connectivity index (χ3v) is 4.94. The second-order valence-electron chi connectivity index (χ2n) is 7.31. The van der Waals surface area contributed by atoms with Crippen LogP contribution >= 0.6 is 0 Å². The normalized spacial score (nSPS) is 15.8. The van der Waals surface area contributed by atoms with Crippen LogP contribution < -0.4 is 4.74 Å². The minimum absolute atomic E-state index is 0.0165. The van der Waals surface area contributed by atoms with Crippen LogP contribution in [0.1, 0.15) is 62.7 Å². The monoisotopic (exact) mass is 433 g/mol. The van der Waals surface area contributed by atoms with Crippen LogP contribution in [0.4, 0.5) is 0 Å². The lowest BCUT2D eigenvalue weighted by Gasteiger charge is -2.33. The fraction of sp³-hybridized carbons (Fsp3) is 0.565. The maximum absolute atomic E-state index is 12.5. The first-order chi connectivity index (χ1) is 15.0. The average Bonchev–Trinajstić information content (AvgIpc) is 2.80. The molecule has 1 saturated heterocycles. The number of benzene rings is 1. The topological polar surface area (TPSA) is 99.2 Å². The second-order valence-corrected chi connectivity index (χ2v) is 7.31. The van der Waals surface area contributed by atoms with Crippen LogP contribution in [-0.4, -0.2) is 60.9 Å². The summed E-state index contributed by atoms with van der Waals surface area (Å²) in [6.07, 6.45) is 2.91. The van der Waals surface area contributed by atoms with Crippen molar-refractivity contribution in [1.29, 1.82) is 0 Å². The van der Waals surface area contributed by atoms with Crippen molar-refractivity contribution in [3.8, 4) is 5.75 Å². The number of carbonyl (C=O) groups is 4. The molecule has 1 heterocycles. The Hall–Kier alpha value is -2.90. The van der Waals surface area contributed by atoms with Crippen LogP contribution in [-0.2, 0) is 23.9 Å². The van der Waals surface area contributed by atoms with E-state index >= 15 is 0 Å². The van der Waals surface area contributed by atoms with Gasteiger partial charge in [0, 0.05) is 18.5 Å². The Morgan fingerprint density at radius 3 is 2.42 bits per heavy atom. The standard InChI is InChI=1S/C23H31NO7/c1-3-15-30-18-10-8-17(9-11-18)20(25)12-13-22(27)31-16-21(26)24-14-6-5-7-19(24)23(28)29-4-2/h8-11,19H,3-7,12-16H2,1-2H3. The number of rotatable bonds is 11. The van der Waals surface area contributed by atoms with Crippen LogP contribution in [0.15, 0.2) is 24.3 Å². The van der Waals surface area contributed by atoms with Gasteiger partial charge in [0.05, 0.1) is 19.6 Å². The fourth-order valence-electron chi connectivity index (χ4n) is 3.33. The van der Waals surface area contributed by atoms with E-state index in [1.165, 1.54) is 4.90 Å². The summed E-state index contributed by atoms with van der Waals surface area (Å²) in [5.74, 6) is -0.994. The molecular formula is C23H31NO7. The summed E-state index contributed by atoms with van der Waals surface area (Å²) in [4.78, 5) is 50.2. The molecule has 2 rings (SSSR count). The molecule has 0 spiro atoms. The van der Waals surface area contributed by atoms with Gasteiger partial charge in [-0.3, -0.25) is 14.4 Å². The Labute approximate surface area is 182 Å². The smallest absolute Gasteiger partial charge is 0.328 e. The van der Waals surface area contributed by atoms with Crippen molar-refractivity contribution < 1.29 is 33.4 Å². The van der Waals surface area contributed by atoms with E-state index in [-0.39, 0.29) is 25.2 Å². The van der Waals surface area contributed by atoms with E-state index in [9.17, 15) is 19.2 Å². The zero-order chi connectivity index (χ0) is 22.6. The number of esters is 2. The van der Waals surface area contributed by atoms with Gasteiger partial charge in [0.1, 0.15) is 11.8 Å². The lowest BCUT2D eigenvalue weighted by atomic mass is 10.0. The van der Waals surface area contributed by atoms with Crippen molar-refractivity contribution >= 4 is 23.6 Å². The van der Waals surface area contributed by atoms with Crippen molar-refractivity contribution in [3.05, 3.63) is 29.8 Å². The summed E-state index contributed by atoms with van der Waals surface area (Å²) in [5, 5.41) is 0. The lowest BCUT2D eigenvalue weighted by Crippen LogP contribution is -2.50. The molecule has 8 heteroatoms.